The van der Waals surface area contributed by atoms with Gasteiger partial charge in [-0.2, -0.15) is 5.10 Å². The number of rotatable bonds is 3. The first kappa shape index (κ1) is 14.1. The van der Waals surface area contributed by atoms with Gasteiger partial charge >= 0.3 is 0 Å². The first-order valence-corrected chi connectivity index (χ1v) is 7.76. The normalized spacial score (nSPS) is 19.6. The number of amides is 1. The highest BCUT2D eigenvalue weighted by molar-refractivity contribution is 6.02. The Kier molecular flexibility index (Phi) is 3.63. The maximum absolute atomic E-state index is 12.3. The van der Waals surface area contributed by atoms with Crippen LogP contribution in [0.4, 0.5) is 5.69 Å². The molecule has 120 valence electrons. The standard InChI is InChI=1S/C16H18N4O3/c21-16(18-11-3-4-14-15(8-11)23-10-22-14)13-5-7-20(19-13)12-2-1-6-17-9-12/h3-5,7-8,12,17H,1-2,6,9-10H2,(H,18,21). The molecule has 1 atom stereocenters. The molecule has 2 aromatic rings. The molecular weight excluding hydrogens is 296 g/mol. The van der Waals surface area contributed by atoms with Crippen LogP contribution in [-0.2, 0) is 0 Å². The lowest BCUT2D eigenvalue weighted by molar-refractivity contribution is 0.102. The van der Waals surface area contributed by atoms with Gasteiger partial charge in [0.1, 0.15) is 0 Å². The molecule has 1 fully saturated rings. The summed E-state index contributed by atoms with van der Waals surface area (Å²) in [5, 5.41) is 10.6. The molecule has 23 heavy (non-hydrogen) atoms. The molecule has 4 rings (SSSR count). The molecule has 0 saturated carbocycles. The molecule has 1 aromatic carbocycles. The van der Waals surface area contributed by atoms with Crippen molar-refractivity contribution in [2.75, 3.05) is 25.2 Å². The minimum Gasteiger partial charge on any atom is -0.454 e. The number of fused-ring (bicyclic) bond motifs is 1. The summed E-state index contributed by atoms with van der Waals surface area (Å²) in [5.74, 6) is 1.10. The number of nitrogens with zero attached hydrogens (tertiary/aromatic N) is 2. The number of carbonyl (C=O) groups is 1. The maximum Gasteiger partial charge on any atom is 0.276 e. The number of hydrogen-bond acceptors (Lipinski definition) is 5. The van der Waals surface area contributed by atoms with Crippen LogP contribution in [-0.4, -0.2) is 35.6 Å². The first-order chi connectivity index (χ1) is 11.3. The topological polar surface area (TPSA) is 77.4 Å². The number of anilines is 1. The van der Waals surface area contributed by atoms with E-state index >= 15 is 0 Å². The molecule has 1 saturated heterocycles. The molecule has 1 unspecified atom stereocenters. The van der Waals surface area contributed by atoms with Crippen LogP contribution in [0.5, 0.6) is 11.5 Å². The van der Waals surface area contributed by atoms with Crippen molar-refractivity contribution in [2.24, 2.45) is 0 Å². The SMILES string of the molecule is O=C(Nc1ccc2c(c1)OCO2)c1ccn(C2CCCNC2)n1. The Labute approximate surface area is 133 Å². The van der Waals surface area contributed by atoms with Gasteiger partial charge in [-0.05, 0) is 37.6 Å². The van der Waals surface area contributed by atoms with Crippen molar-refractivity contribution in [2.45, 2.75) is 18.9 Å². The zero-order chi connectivity index (χ0) is 15.6. The summed E-state index contributed by atoms with van der Waals surface area (Å²) in [6, 6.07) is 7.38. The third-order valence-electron chi connectivity index (χ3n) is 4.12. The molecular formula is C16H18N4O3. The highest BCUT2D eigenvalue weighted by atomic mass is 16.7. The first-order valence-electron chi connectivity index (χ1n) is 7.76. The van der Waals surface area contributed by atoms with E-state index in [1.807, 2.05) is 10.9 Å². The van der Waals surface area contributed by atoms with Crippen molar-refractivity contribution in [3.8, 4) is 11.5 Å². The largest absolute Gasteiger partial charge is 0.454 e. The summed E-state index contributed by atoms with van der Waals surface area (Å²) in [5.41, 5.74) is 1.07. The van der Waals surface area contributed by atoms with Gasteiger partial charge in [0.15, 0.2) is 17.2 Å². The fourth-order valence-corrected chi connectivity index (χ4v) is 2.89. The second-order valence-electron chi connectivity index (χ2n) is 5.70. The Hall–Kier alpha value is -2.54. The van der Waals surface area contributed by atoms with Gasteiger partial charge in [-0.1, -0.05) is 0 Å². The Balaban J connectivity index is 1.45. The van der Waals surface area contributed by atoms with E-state index in [2.05, 4.69) is 15.7 Å². The summed E-state index contributed by atoms with van der Waals surface area (Å²) in [7, 11) is 0. The van der Waals surface area contributed by atoms with Gasteiger partial charge in [-0.25, -0.2) is 0 Å². The summed E-state index contributed by atoms with van der Waals surface area (Å²) in [4.78, 5) is 12.3. The summed E-state index contributed by atoms with van der Waals surface area (Å²) in [6.45, 7) is 2.16. The quantitative estimate of drug-likeness (QED) is 0.903. The highest BCUT2D eigenvalue weighted by Crippen LogP contribution is 2.34. The molecule has 0 spiro atoms. The summed E-state index contributed by atoms with van der Waals surface area (Å²) in [6.07, 6.45) is 4.08. The van der Waals surface area contributed by atoms with Crippen molar-refractivity contribution < 1.29 is 14.3 Å². The fraction of sp³-hybridized carbons (Fsp3) is 0.375. The van der Waals surface area contributed by atoms with Crippen LogP contribution in [0, 0.1) is 0 Å². The molecule has 2 aliphatic heterocycles. The van der Waals surface area contributed by atoms with E-state index in [-0.39, 0.29) is 12.7 Å². The molecule has 0 bridgehead atoms. The van der Waals surface area contributed by atoms with Crippen molar-refractivity contribution in [3.63, 3.8) is 0 Å². The van der Waals surface area contributed by atoms with Gasteiger partial charge < -0.3 is 20.1 Å². The summed E-state index contributed by atoms with van der Waals surface area (Å²) >= 11 is 0. The molecule has 2 aliphatic rings. The minimum absolute atomic E-state index is 0.215. The van der Waals surface area contributed by atoms with E-state index in [0.29, 0.717) is 28.9 Å². The van der Waals surface area contributed by atoms with E-state index in [1.165, 1.54) is 0 Å². The number of benzene rings is 1. The number of hydrogen-bond donors (Lipinski definition) is 2. The average Bonchev–Trinajstić information content (AvgIpc) is 3.24. The molecule has 7 nitrogen and oxygen atoms in total. The van der Waals surface area contributed by atoms with Crippen molar-refractivity contribution in [1.29, 1.82) is 0 Å². The lowest BCUT2D eigenvalue weighted by atomic mass is 10.1. The van der Waals surface area contributed by atoms with Gasteiger partial charge in [-0.3, -0.25) is 9.48 Å². The predicted molar refractivity (Wildman–Crippen MR) is 83.9 cm³/mol. The third kappa shape index (κ3) is 2.87. The van der Waals surface area contributed by atoms with Gasteiger partial charge in [0.2, 0.25) is 6.79 Å². The maximum atomic E-state index is 12.3. The highest BCUT2D eigenvalue weighted by Gasteiger charge is 2.19. The van der Waals surface area contributed by atoms with Crippen LogP contribution in [0.2, 0.25) is 0 Å². The molecule has 0 aliphatic carbocycles. The molecule has 1 aromatic heterocycles. The lowest BCUT2D eigenvalue weighted by Gasteiger charge is -2.22. The summed E-state index contributed by atoms with van der Waals surface area (Å²) < 4.78 is 12.4. The van der Waals surface area contributed by atoms with Crippen LogP contribution >= 0.6 is 0 Å². The molecule has 7 heteroatoms. The van der Waals surface area contributed by atoms with Gasteiger partial charge in [0.25, 0.3) is 5.91 Å². The van der Waals surface area contributed by atoms with Gasteiger partial charge in [-0.15, -0.1) is 0 Å². The van der Waals surface area contributed by atoms with Gasteiger partial charge in [0.05, 0.1) is 6.04 Å². The molecule has 0 radical (unpaired) electrons. The van der Waals surface area contributed by atoms with E-state index in [9.17, 15) is 4.79 Å². The van der Waals surface area contributed by atoms with E-state index < -0.39 is 0 Å². The minimum atomic E-state index is -0.230. The predicted octanol–water partition coefficient (Wildman–Crippen LogP) is 1.79. The average molecular weight is 314 g/mol. The number of carbonyl (C=O) groups excluding carboxylic acids is 1. The van der Waals surface area contributed by atoms with E-state index in [0.717, 1.165) is 25.9 Å². The van der Waals surface area contributed by atoms with Crippen LogP contribution in [0.3, 0.4) is 0 Å². The van der Waals surface area contributed by atoms with Crippen LogP contribution < -0.4 is 20.1 Å². The second-order valence-corrected chi connectivity index (χ2v) is 5.70. The van der Waals surface area contributed by atoms with Crippen LogP contribution in [0.15, 0.2) is 30.5 Å². The fourth-order valence-electron chi connectivity index (χ4n) is 2.89. The molecule has 1 amide bonds. The number of piperidine rings is 1. The van der Waals surface area contributed by atoms with E-state index in [1.54, 1.807) is 24.3 Å². The van der Waals surface area contributed by atoms with Crippen molar-refractivity contribution >= 4 is 11.6 Å². The monoisotopic (exact) mass is 314 g/mol. The lowest BCUT2D eigenvalue weighted by Crippen LogP contribution is -2.32. The Morgan fingerprint density at radius 3 is 3.09 bits per heavy atom. The second kappa shape index (κ2) is 5.92. The zero-order valence-corrected chi connectivity index (χ0v) is 12.6. The Bertz CT molecular complexity index is 722. The zero-order valence-electron chi connectivity index (χ0n) is 12.6. The van der Waals surface area contributed by atoms with Crippen LogP contribution in [0.25, 0.3) is 0 Å². The molecule has 3 heterocycles. The molecule has 2 N–H and O–H groups in total. The number of aromatic nitrogens is 2. The van der Waals surface area contributed by atoms with Crippen molar-refractivity contribution in [3.05, 3.63) is 36.2 Å². The van der Waals surface area contributed by atoms with Crippen LogP contribution in [0.1, 0.15) is 29.4 Å². The number of nitrogens with one attached hydrogen (secondary N) is 2. The van der Waals surface area contributed by atoms with Crippen molar-refractivity contribution in [1.82, 2.24) is 15.1 Å². The smallest absolute Gasteiger partial charge is 0.276 e. The number of ether oxygens (including phenoxy) is 2. The Morgan fingerprint density at radius 1 is 1.30 bits per heavy atom. The van der Waals surface area contributed by atoms with Gasteiger partial charge in [0, 0.05) is 24.5 Å². The third-order valence-corrected chi connectivity index (χ3v) is 4.12. The Morgan fingerprint density at radius 2 is 2.22 bits per heavy atom. The van der Waals surface area contributed by atoms with E-state index in [4.69, 9.17) is 9.47 Å².